The van der Waals surface area contributed by atoms with Crippen molar-refractivity contribution in [2.75, 3.05) is 19.7 Å². The Morgan fingerprint density at radius 2 is 2.18 bits per heavy atom. The van der Waals surface area contributed by atoms with Crippen LogP contribution in [0.15, 0.2) is 24.3 Å². The Morgan fingerprint density at radius 1 is 1.36 bits per heavy atom. The first-order chi connectivity index (χ1) is 10.7. The molecule has 1 aromatic carbocycles. The highest BCUT2D eigenvalue weighted by molar-refractivity contribution is 5.74. The summed E-state index contributed by atoms with van der Waals surface area (Å²) in [5, 5.41) is 12.0. The number of amides is 2. The van der Waals surface area contributed by atoms with Crippen LogP contribution in [0.2, 0.25) is 0 Å². The highest BCUT2D eigenvalue weighted by Gasteiger charge is 2.25. The second-order valence-corrected chi connectivity index (χ2v) is 5.78. The molecule has 122 valence electrons. The van der Waals surface area contributed by atoms with Gasteiger partial charge in [0.2, 0.25) is 0 Å². The van der Waals surface area contributed by atoms with Gasteiger partial charge < -0.3 is 15.3 Å². The van der Waals surface area contributed by atoms with E-state index >= 15 is 0 Å². The Balaban J connectivity index is 1.74. The van der Waals surface area contributed by atoms with Crippen LogP contribution in [0.3, 0.4) is 0 Å². The van der Waals surface area contributed by atoms with Crippen LogP contribution in [0.25, 0.3) is 0 Å². The number of hydrogen-bond donors (Lipinski definition) is 2. The van der Waals surface area contributed by atoms with Crippen molar-refractivity contribution < 1.29 is 14.3 Å². The van der Waals surface area contributed by atoms with Gasteiger partial charge in [0, 0.05) is 25.7 Å². The maximum Gasteiger partial charge on any atom is 0.317 e. The van der Waals surface area contributed by atoms with Gasteiger partial charge in [0.1, 0.15) is 5.82 Å². The van der Waals surface area contributed by atoms with E-state index in [0.717, 1.165) is 25.8 Å². The Labute approximate surface area is 131 Å². The fraction of sp³-hybridized carbons (Fsp3) is 0.588. The van der Waals surface area contributed by atoms with Gasteiger partial charge in [0.15, 0.2) is 0 Å². The maximum absolute atomic E-state index is 13.5. The zero-order chi connectivity index (χ0) is 15.8. The average Bonchev–Trinajstić information content (AvgIpc) is 2.54. The van der Waals surface area contributed by atoms with Crippen molar-refractivity contribution in [2.24, 2.45) is 0 Å². The Bertz CT molecular complexity index is 479. The number of carbonyl (C=O) groups excluding carboxylic acids is 1. The van der Waals surface area contributed by atoms with Crippen LogP contribution in [-0.4, -0.2) is 41.8 Å². The van der Waals surface area contributed by atoms with Crippen LogP contribution in [0.5, 0.6) is 0 Å². The zero-order valence-electron chi connectivity index (χ0n) is 12.9. The van der Waals surface area contributed by atoms with E-state index < -0.39 is 0 Å². The van der Waals surface area contributed by atoms with Crippen LogP contribution in [0, 0.1) is 5.82 Å². The number of hydrogen-bond acceptors (Lipinski definition) is 2. The molecule has 2 amide bonds. The molecule has 0 spiro atoms. The van der Waals surface area contributed by atoms with Gasteiger partial charge in [-0.15, -0.1) is 0 Å². The summed E-state index contributed by atoms with van der Waals surface area (Å²) in [6, 6.07) is 6.82. The third kappa shape index (κ3) is 4.70. The molecule has 1 heterocycles. The number of halogens is 1. The monoisotopic (exact) mass is 308 g/mol. The molecule has 0 saturated carbocycles. The molecule has 1 aliphatic heterocycles. The lowest BCUT2D eigenvalue weighted by Crippen LogP contribution is -2.49. The number of benzene rings is 1. The minimum Gasteiger partial charge on any atom is -0.396 e. The molecule has 1 atom stereocenters. The summed E-state index contributed by atoms with van der Waals surface area (Å²) in [5.41, 5.74) is 0.688. The highest BCUT2D eigenvalue weighted by atomic mass is 19.1. The van der Waals surface area contributed by atoms with Gasteiger partial charge in [-0.3, -0.25) is 0 Å². The summed E-state index contributed by atoms with van der Waals surface area (Å²) in [7, 11) is 0. The number of rotatable bonds is 6. The smallest absolute Gasteiger partial charge is 0.317 e. The molecule has 1 saturated heterocycles. The standard InChI is InChI=1S/C17H25FN2O2/c18-16-9-2-1-6-14(16)7-5-11-19-17(22)20-12-4-3-8-15(20)10-13-21/h1-2,6,9,15,21H,3-5,7-8,10-13H2,(H,19,22)/t15-/m0/s1. The van der Waals surface area contributed by atoms with E-state index in [-0.39, 0.29) is 24.5 Å². The maximum atomic E-state index is 13.5. The first-order valence-electron chi connectivity index (χ1n) is 8.11. The number of aliphatic hydroxyl groups excluding tert-OH is 1. The predicted octanol–water partition coefficient (Wildman–Crippen LogP) is 2.70. The lowest BCUT2D eigenvalue weighted by molar-refractivity contribution is 0.132. The van der Waals surface area contributed by atoms with Crippen molar-refractivity contribution in [1.29, 1.82) is 0 Å². The molecule has 0 unspecified atom stereocenters. The van der Waals surface area contributed by atoms with Gasteiger partial charge in [-0.1, -0.05) is 18.2 Å². The van der Waals surface area contributed by atoms with Crippen molar-refractivity contribution >= 4 is 6.03 Å². The number of nitrogens with zero attached hydrogens (tertiary/aromatic N) is 1. The first kappa shape index (κ1) is 16.7. The second kappa shape index (κ2) is 8.73. The molecule has 2 rings (SSSR count). The fourth-order valence-electron chi connectivity index (χ4n) is 2.99. The largest absolute Gasteiger partial charge is 0.396 e. The molecule has 0 aromatic heterocycles. The Kier molecular flexibility index (Phi) is 6.65. The van der Waals surface area contributed by atoms with Crippen molar-refractivity contribution in [3.63, 3.8) is 0 Å². The molecule has 5 heteroatoms. The summed E-state index contributed by atoms with van der Waals surface area (Å²) >= 11 is 0. The van der Waals surface area contributed by atoms with E-state index in [1.807, 2.05) is 11.0 Å². The molecule has 2 N–H and O–H groups in total. The van der Waals surface area contributed by atoms with Crippen molar-refractivity contribution in [1.82, 2.24) is 10.2 Å². The van der Waals surface area contributed by atoms with Crippen LogP contribution in [-0.2, 0) is 6.42 Å². The molecule has 0 radical (unpaired) electrons. The van der Waals surface area contributed by atoms with E-state index in [2.05, 4.69) is 5.32 Å². The van der Waals surface area contributed by atoms with Crippen LogP contribution in [0.1, 0.15) is 37.7 Å². The van der Waals surface area contributed by atoms with Crippen LogP contribution < -0.4 is 5.32 Å². The van der Waals surface area contributed by atoms with E-state index in [0.29, 0.717) is 31.4 Å². The minimum atomic E-state index is -0.187. The predicted molar refractivity (Wildman–Crippen MR) is 84.2 cm³/mol. The average molecular weight is 308 g/mol. The van der Waals surface area contributed by atoms with E-state index in [4.69, 9.17) is 5.11 Å². The molecular formula is C17H25FN2O2. The summed E-state index contributed by atoms with van der Waals surface area (Å²) in [5.74, 6) is -0.187. The van der Waals surface area contributed by atoms with Gasteiger partial charge >= 0.3 is 6.03 Å². The van der Waals surface area contributed by atoms with Gasteiger partial charge in [-0.25, -0.2) is 9.18 Å². The summed E-state index contributed by atoms with van der Waals surface area (Å²) in [6.07, 6.45) is 5.07. The zero-order valence-corrected chi connectivity index (χ0v) is 12.9. The molecular weight excluding hydrogens is 283 g/mol. The normalized spacial score (nSPS) is 18.3. The topological polar surface area (TPSA) is 52.6 Å². The molecule has 4 nitrogen and oxygen atoms in total. The summed E-state index contributed by atoms with van der Waals surface area (Å²) < 4.78 is 13.5. The molecule has 22 heavy (non-hydrogen) atoms. The number of carbonyl (C=O) groups is 1. The number of aliphatic hydroxyl groups is 1. The Hall–Kier alpha value is -1.62. The number of nitrogens with one attached hydrogen (secondary N) is 1. The fourth-order valence-corrected chi connectivity index (χ4v) is 2.99. The number of piperidine rings is 1. The summed E-state index contributed by atoms with van der Waals surface area (Å²) in [4.78, 5) is 14.1. The quantitative estimate of drug-likeness (QED) is 0.794. The van der Waals surface area contributed by atoms with Crippen molar-refractivity contribution in [2.45, 2.75) is 44.6 Å². The van der Waals surface area contributed by atoms with E-state index in [1.165, 1.54) is 6.07 Å². The lowest BCUT2D eigenvalue weighted by atomic mass is 10.0. The second-order valence-electron chi connectivity index (χ2n) is 5.78. The van der Waals surface area contributed by atoms with Gasteiger partial charge in [-0.2, -0.15) is 0 Å². The van der Waals surface area contributed by atoms with Crippen molar-refractivity contribution in [3.05, 3.63) is 35.6 Å². The van der Waals surface area contributed by atoms with Gasteiger partial charge in [0.25, 0.3) is 0 Å². The van der Waals surface area contributed by atoms with E-state index in [9.17, 15) is 9.18 Å². The van der Waals surface area contributed by atoms with Gasteiger partial charge in [-0.05, 0) is 50.2 Å². The lowest BCUT2D eigenvalue weighted by Gasteiger charge is -2.35. The van der Waals surface area contributed by atoms with Crippen molar-refractivity contribution in [3.8, 4) is 0 Å². The molecule has 0 aliphatic carbocycles. The molecule has 1 fully saturated rings. The molecule has 0 bridgehead atoms. The number of likely N-dealkylation sites (tertiary alicyclic amines) is 1. The Morgan fingerprint density at radius 3 is 2.95 bits per heavy atom. The highest BCUT2D eigenvalue weighted by Crippen LogP contribution is 2.19. The third-order valence-corrected chi connectivity index (χ3v) is 4.21. The SMILES string of the molecule is O=C(NCCCc1ccccc1F)N1CCCC[C@H]1CCO. The number of aryl methyl sites for hydroxylation is 1. The molecule has 1 aromatic rings. The third-order valence-electron chi connectivity index (χ3n) is 4.21. The molecule has 1 aliphatic rings. The summed E-state index contributed by atoms with van der Waals surface area (Å²) in [6.45, 7) is 1.40. The van der Waals surface area contributed by atoms with E-state index in [1.54, 1.807) is 12.1 Å². The van der Waals surface area contributed by atoms with Gasteiger partial charge in [0.05, 0.1) is 0 Å². The minimum absolute atomic E-state index is 0.0633. The number of urea groups is 1. The first-order valence-corrected chi connectivity index (χ1v) is 8.11. The van der Waals surface area contributed by atoms with Crippen LogP contribution in [0.4, 0.5) is 9.18 Å². The van der Waals surface area contributed by atoms with Crippen LogP contribution >= 0.6 is 0 Å².